The van der Waals surface area contributed by atoms with Crippen molar-refractivity contribution in [2.75, 3.05) is 42.6 Å². The summed E-state index contributed by atoms with van der Waals surface area (Å²) in [6, 6.07) is 6.80. The summed E-state index contributed by atoms with van der Waals surface area (Å²) in [5, 5.41) is 0. The van der Waals surface area contributed by atoms with Gasteiger partial charge in [-0.15, -0.1) is 0 Å². The smallest absolute Gasteiger partial charge is 0.325 e. The number of rotatable bonds is 1. The number of amides is 2. The second-order valence-corrected chi connectivity index (χ2v) is 6.71. The Morgan fingerprint density at radius 1 is 1.19 bits per heavy atom. The van der Waals surface area contributed by atoms with Crippen molar-refractivity contribution in [3.8, 4) is 5.75 Å². The largest absolute Gasteiger partial charge is 0.489 e. The minimum absolute atomic E-state index is 0.153. The summed E-state index contributed by atoms with van der Waals surface area (Å²) in [5.74, 6) is -0.0856. The zero-order chi connectivity index (χ0) is 19.0. The Hall–Kier alpha value is -2.90. The number of hydrogen-bond acceptors (Lipinski definition) is 4. The average molecular weight is 374 g/mol. The van der Waals surface area contributed by atoms with E-state index < -0.39 is 5.82 Å². The van der Waals surface area contributed by atoms with Crippen LogP contribution < -0.4 is 14.5 Å². The van der Waals surface area contributed by atoms with Crippen molar-refractivity contribution in [3.05, 3.63) is 48.2 Å². The molecule has 1 atom stereocenters. The highest BCUT2D eigenvalue weighted by atomic mass is 19.1. The molecule has 4 rings (SSSR count). The van der Waals surface area contributed by atoms with Crippen LogP contribution >= 0.6 is 0 Å². The average Bonchev–Trinajstić information content (AvgIpc) is 2.68. The number of piperazine rings is 1. The van der Waals surface area contributed by atoms with E-state index in [4.69, 9.17) is 4.74 Å². The van der Waals surface area contributed by atoms with E-state index in [1.807, 2.05) is 11.8 Å². The molecule has 2 amide bonds. The second kappa shape index (κ2) is 7.02. The molecule has 0 saturated carbocycles. The Labute approximate surface area is 156 Å². The molecule has 0 bridgehead atoms. The molecule has 0 aliphatic carbocycles. The Kier molecular flexibility index (Phi) is 4.55. The van der Waals surface area contributed by atoms with Gasteiger partial charge in [0.15, 0.2) is 11.6 Å². The monoisotopic (exact) mass is 374 g/mol. The van der Waals surface area contributed by atoms with Crippen molar-refractivity contribution < 1.29 is 18.3 Å². The van der Waals surface area contributed by atoms with Crippen LogP contribution in [0, 0.1) is 11.6 Å². The van der Waals surface area contributed by atoms with E-state index in [1.165, 1.54) is 18.2 Å². The molecule has 3 heterocycles. The third-order valence-electron chi connectivity index (χ3n) is 4.90. The maximum absolute atomic E-state index is 13.9. The lowest BCUT2D eigenvalue weighted by atomic mass is 10.1. The quantitative estimate of drug-likeness (QED) is 0.770. The maximum atomic E-state index is 13.9. The molecule has 0 N–H and O–H groups in total. The van der Waals surface area contributed by atoms with Crippen LogP contribution in [0.3, 0.4) is 0 Å². The van der Waals surface area contributed by atoms with Crippen molar-refractivity contribution in [2.24, 2.45) is 0 Å². The zero-order valence-corrected chi connectivity index (χ0v) is 14.9. The highest BCUT2D eigenvalue weighted by Crippen LogP contribution is 2.35. The number of urea groups is 1. The number of anilines is 2. The van der Waals surface area contributed by atoms with E-state index in [0.29, 0.717) is 50.0 Å². The first-order valence-electron chi connectivity index (χ1n) is 8.90. The van der Waals surface area contributed by atoms with Gasteiger partial charge in [-0.2, -0.15) is 0 Å². The van der Waals surface area contributed by atoms with Crippen LogP contribution in [0.25, 0.3) is 0 Å². The van der Waals surface area contributed by atoms with Crippen molar-refractivity contribution in [1.29, 1.82) is 0 Å². The molecular weight excluding hydrogens is 354 g/mol. The van der Waals surface area contributed by atoms with Crippen LogP contribution in [-0.2, 0) is 0 Å². The molecular formula is C19H20F2N4O2. The van der Waals surface area contributed by atoms with Crippen LogP contribution in [0.2, 0.25) is 0 Å². The molecule has 1 fully saturated rings. The van der Waals surface area contributed by atoms with Gasteiger partial charge in [-0.3, -0.25) is 4.90 Å². The van der Waals surface area contributed by atoms with Gasteiger partial charge in [0, 0.05) is 38.4 Å². The van der Waals surface area contributed by atoms with E-state index in [-0.39, 0.29) is 17.9 Å². The molecule has 2 aliphatic rings. The van der Waals surface area contributed by atoms with Crippen LogP contribution in [0.5, 0.6) is 5.75 Å². The van der Waals surface area contributed by atoms with Crippen molar-refractivity contribution in [3.63, 3.8) is 0 Å². The molecule has 2 aromatic rings. The number of nitrogens with zero attached hydrogens (tertiary/aromatic N) is 4. The van der Waals surface area contributed by atoms with Crippen LogP contribution in [-0.4, -0.2) is 54.7 Å². The number of benzene rings is 1. The minimum Gasteiger partial charge on any atom is -0.489 e. The summed E-state index contributed by atoms with van der Waals surface area (Å²) in [6.07, 6.45) is 1.56. The van der Waals surface area contributed by atoms with Crippen molar-refractivity contribution in [1.82, 2.24) is 9.88 Å². The summed E-state index contributed by atoms with van der Waals surface area (Å²) in [6.45, 7) is 4.10. The lowest BCUT2D eigenvalue weighted by Gasteiger charge is -2.41. The minimum atomic E-state index is -0.401. The fourth-order valence-electron chi connectivity index (χ4n) is 3.49. The molecule has 142 valence electrons. The maximum Gasteiger partial charge on any atom is 0.325 e. The Morgan fingerprint density at radius 2 is 1.96 bits per heavy atom. The molecule has 1 aromatic heterocycles. The van der Waals surface area contributed by atoms with E-state index in [2.05, 4.69) is 4.98 Å². The topological polar surface area (TPSA) is 48.9 Å². The lowest BCUT2D eigenvalue weighted by Crippen LogP contribution is -2.56. The van der Waals surface area contributed by atoms with Gasteiger partial charge >= 0.3 is 6.03 Å². The van der Waals surface area contributed by atoms with Gasteiger partial charge in [-0.1, -0.05) is 0 Å². The van der Waals surface area contributed by atoms with Gasteiger partial charge in [-0.05, 0) is 31.2 Å². The molecule has 8 heteroatoms. The van der Waals surface area contributed by atoms with Gasteiger partial charge < -0.3 is 14.5 Å². The summed E-state index contributed by atoms with van der Waals surface area (Å²) >= 11 is 0. The molecule has 27 heavy (non-hydrogen) atoms. The summed E-state index contributed by atoms with van der Waals surface area (Å²) in [5.41, 5.74) is 0.568. The predicted octanol–water partition coefficient (Wildman–Crippen LogP) is 2.89. The standard InChI is InChI=1S/C19H20F2N4O2/c1-13-12-27-17-11-14(20)4-5-16(17)25(13)19(26)24-9-7-23(8-10-24)18-15(21)3-2-6-22-18/h2-6,11,13H,7-10,12H2,1H3. The fourth-order valence-corrected chi connectivity index (χ4v) is 3.49. The number of carbonyl (C=O) groups excluding carboxylic acids is 1. The highest BCUT2D eigenvalue weighted by Gasteiger charge is 2.34. The third-order valence-corrected chi connectivity index (χ3v) is 4.90. The number of ether oxygens (including phenoxy) is 1. The van der Waals surface area contributed by atoms with E-state index in [0.717, 1.165) is 0 Å². The fraction of sp³-hybridized carbons (Fsp3) is 0.368. The van der Waals surface area contributed by atoms with E-state index in [9.17, 15) is 13.6 Å². The van der Waals surface area contributed by atoms with Crippen molar-refractivity contribution in [2.45, 2.75) is 13.0 Å². The van der Waals surface area contributed by atoms with Crippen LogP contribution in [0.15, 0.2) is 36.5 Å². The summed E-state index contributed by atoms with van der Waals surface area (Å²) < 4.78 is 33.0. The van der Waals surface area contributed by atoms with E-state index in [1.54, 1.807) is 28.1 Å². The Morgan fingerprint density at radius 3 is 2.70 bits per heavy atom. The van der Waals surface area contributed by atoms with Crippen molar-refractivity contribution >= 4 is 17.5 Å². The first kappa shape index (κ1) is 17.5. The zero-order valence-electron chi connectivity index (χ0n) is 14.9. The molecule has 6 nitrogen and oxygen atoms in total. The van der Waals surface area contributed by atoms with Gasteiger partial charge in [0.2, 0.25) is 0 Å². The summed E-state index contributed by atoms with van der Waals surface area (Å²) in [4.78, 5) is 22.4. The predicted molar refractivity (Wildman–Crippen MR) is 97.2 cm³/mol. The highest BCUT2D eigenvalue weighted by molar-refractivity contribution is 5.94. The van der Waals surface area contributed by atoms with Gasteiger partial charge in [0.1, 0.15) is 18.2 Å². The first-order valence-corrected chi connectivity index (χ1v) is 8.90. The molecule has 1 aromatic carbocycles. The third kappa shape index (κ3) is 3.27. The number of fused-ring (bicyclic) bond motifs is 1. The van der Waals surface area contributed by atoms with Crippen LogP contribution in [0.1, 0.15) is 6.92 Å². The lowest BCUT2D eigenvalue weighted by molar-refractivity contribution is 0.190. The van der Waals surface area contributed by atoms with Crippen LogP contribution in [0.4, 0.5) is 25.1 Å². The SMILES string of the molecule is CC1COc2cc(F)ccc2N1C(=O)N1CCN(c2ncccc2F)CC1. The number of pyridine rings is 1. The molecule has 2 aliphatic heterocycles. The second-order valence-electron chi connectivity index (χ2n) is 6.71. The van der Waals surface area contributed by atoms with Gasteiger partial charge in [-0.25, -0.2) is 18.6 Å². The van der Waals surface area contributed by atoms with E-state index >= 15 is 0 Å². The Bertz CT molecular complexity index is 855. The number of aromatic nitrogens is 1. The van der Waals surface area contributed by atoms with Gasteiger partial charge in [0.25, 0.3) is 0 Å². The Balaban J connectivity index is 1.49. The molecule has 1 unspecified atom stereocenters. The number of carbonyl (C=O) groups is 1. The van der Waals surface area contributed by atoms with Gasteiger partial charge in [0.05, 0.1) is 11.7 Å². The summed E-state index contributed by atoms with van der Waals surface area (Å²) in [7, 11) is 0. The first-order chi connectivity index (χ1) is 13.0. The number of hydrogen-bond donors (Lipinski definition) is 0. The molecule has 1 saturated heterocycles. The molecule has 0 spiro atoms. The normalized spacial score (nSPS) is 19.5. The molecule has 0 radical (unpaired) electrons. The number of halogens is 2.